The van der Waals surface area contributed by atoms with Crippen LogP contribution in [-0.2, 0) is 24.0 Å². The number of nitrogens with one attached hydrogen (secondary N) is 1. The number of ether oxygens (including phenoxy) is 1. The molecule has 1 amide bonds. The Hall–Kier alpha value is -2.69. The lowest BCUT2D eigenvalue weighted by Gasteiger charge is -2.37. The Bertz CT molecular complexity index is 1040. The Kier molecular flexibility index (Phi) is 5.05. The number of amides is 1. The molecule has 154 valence electrons. The highest BCUT2D eigenvalue weighted by Crippen LogP contribution is 2.30. The molecule has 0 bridgehead atoms. The fraction of sp³-hybridized carbons (Fsp3) is 0.455. The maximum atomic E-state index is 13.0. The Morgan fingerprint density at radius 1 is 1.27 bits per heavy atom. The third-order valence-electron chi connectivity index (χ3n) is 6.26. The number of aromatic nitrogens is 2. The van der Waals surface area contributed by atoms with Crippen LogP contribution in [0.1, 0.15) is 45.6 Å². The van der Waals surface area contributed by atoms with Crippen molar-refractivity contribution in [1.82, 2.24) is 14.9 Å². The molecule has 0 radical (unpaired) electrons. The van der Waals surface area contributed by atoms with Gasteiger partial charge < -0.3 is 15.0 Å². The lowest BCUT2D eigenvalue weighted by Crippen LogP contribution is -2.47. The molecule has 2 aromatic rings. The zero-order chi connectivity index (χ0) is 20.7. The first-order chi connectivity index (χ1) is 14.6. The van der Waals surface area contributed by atoms with Crippen molar-refractivity contribution in [2.24, 2.45) is 0 Å². The van der Waals surface area contributed by atoms with E-state index in [0.29, 0.717) is 41.9 Å². The topological polar surface area (TPSA) is 91.1 Å². The molecule has 0 saturated carbocycles. The summed E-state index contributed by atoms with van der Waals surface area (Å²) in [6, 6.07) is 6.22. The standard InChI is InChI=1S/C22H22ClN5O2/c23-15-7-13-9-16(10-18(13)14(8-15)11-24)26-22-25-12-19-20(27-22)1-4-28(21(19)29)17-2-5-30-6-3-17/h7-8,12,16-17H,1-6,9-10H2,(H,25,26,27)/t16-/m0/s1. The number of halogens is 1. The van der Waals surface area contributed by atoms with Crippen LogP contribution >= 0.6 is 11.6 Å². The predicted molar refractivity (Wildman–Crippen MR) is 112 cm³/mol. The van der Waals surface area contributed by atoms with Gasteiger partial charge in [-0.25, -0.2) is 9.97 Å². The molecule has 1 N–H and O–H groups in total. The van der Waals surface area contributed by atoms with E-state index in [1.54, 1.807) is 12.3 Å². The summed E-state index contributed by atoms with van der Waals surface area (Å²) in [6.07, 6.45) is 5.65. The van der Waals surface area contributed by atoms with Crippen molar-refractivity contribution < 1.29 is 9.53 Å². The van der Waals surface area contributed by atoms with Crippen LogP contribution in [0.5, 0.6) is 0 Å². The quantitative estimate of drug-likeness (QED) is 0.816. The molecule has 1 aromatic heterocycles. The minimum absolute atomic E-state index is 0.0243. The van der Waals surface area contributed by atoms with E-state index >= 15 is 0 Å². The molecule has 1 aromatic carbocycles. The number of hydrogen-bond donors (Lipinski definition) is 1. The molecule has 3 heterocycles. The number of carbonyl (C=O) groups excluding carboxylic acids is 1. The third-order valence-corrected chi connectivity index (χ3v) is 6.48. The molecule has 5 rings (SSSR count). The predicted octanol–water partition coefficient (Wildman–Crippen LogP) is 2.76. The molecule has 1 atom stereocenters. The number of nitriles is 1. The van der Waals surface area contributed by atoms with Crippen molar-refractivity contribution in [3.63, 3.8) is 0 Å². The summed E-state index contributed by atoms with van der Waals surface area (Å²) in [4.78, 5) is 24.0. The molecule has 3 aliphatic rings. The number of anilines is 1. The van der Waals surface area contributed by atoms with Gasteiger partial charge in [0.25, 0.3) is 5.91 Å². The maximum Gasteiger partial charge on any atom is 0.257 e. The number of rotatable bonds is 3. The van der Waals surface area contributed by atoms with E-state index in [-0.39, 0.29) is 18.0 Å². The highest BCUT2D eigenvalue weighted by molar-refractivity contribution is 6.30. The van der Waals surface area contributed by atoms with Crippen molar-refractivity contribution in [1.29, 1.82) is 5.26 Å². The number of nitrogens with zero attached hydrogens (tertiary/aromatic N) is 4. The third kappa shape index (κ3) is 3.51. The Morgan fingerprint density at radius 2 is 2.10 bits per heavy atom. The van der Waals surface area contributed by atoms with Crippen LogP contribution in [-0.4, -0.2) is 52.6 Å². The van der Waals surface area contributed by atoms with Crippen LogP contribution in [0, 0.1) is 11.3 Å². The van der Waals surface area contributed by atoms with Crippen molar-refractivity contribution in [3.05, 3.63) is 51.3 Å². The summed E-state index contributed by atoms with van der Waals surface area (Å²) in [5.41, 5.74) is 4.17. The molecule has 2 aliphatic heterocycles. The molecular formula is C22H22ClN5O2. The second-order valence-electron chi connectivity index (χ2n) is 8.10. The second kappa shape index (κ2) is 7.86. The lowest BCUT2D eigenvalue weighted by atomic mass is 10.0. The summed E-state index contributed by atoms with van der Waals surface area (Å²) in [5.74, 6) is 0.555. The second-order valence-corrected chi connectivity index (χ2v) is 8.53. The molecule has 0 unspecified atom stereocenters. The number of carbonyl (C=O) groups is 1. The van der Waals surface area contributed by atoms with E-state index < -0.39 is 0 Å². The zero-order valence-electron chi connectivity index (χ0n) is 16.5. The van der Waals surface area contributed by atoms with Crippen molar-refractivity contribution in [2.45, 2.75) is 44.2 Å². The smallest absolute Gasteiger partial charge is 0.257 e. The Balaban J connectivity index is 1.30. The molecular weight excluding hydrogens is 402 g/mol. The van der Waals surface area contributed by atoms with Crippen molar-refractivity contribution in [2.75, 3.05) is 25.1 Å². The Morgan fingerprint density at radius 3 is 2.90 bits per heavy atom. The van der Waals surface area contributed by atoms with Gasteiger partial charge in [-0.15, -0.1) is 0 Å². The highest BCUT2D eigenvalue weighted by atomic mass is 35.5. The van der Waals surface area contributed by atoms with E-state index in [2.05, 4.69) is 21.4 Å². The first-order valence-corrected chi connectivity index (χ1v) is 10.7. The first-order valence-electron chi connectivity index (χ1n) is 10.3. The van der Waals surface area contributed by atoms with Gasteiger partial charge in [-0.2, -0.15) is 5.26 Å². The van der Waals surface area contributed by atoms with Gasteiger partial charge in [0.2, 0.25) is 5.95 Å². The summed E-state index contributed by atoms with van der Waals surface area (Å²) >= 11 is 6.14. The van der Waals surface area contributed by atoms with E-state index in [1.165, 1.54) is 0 Å². The fourth-order valence-corrected chi connectivity index (χ4v) is 5.01. The molecule has 0 spiro atoms. The summed E-state index contributed by atoms with van der Waals surface area (Å²) in [5, 5.41) is 13.3. The monoisotopic (exact) mass is 423 g/mol. The molecule has 1 saturated heterocycles. The van der Waals surface area contributed by atoms with Crippen LogP contribution in [0.4, 0.5) is 5.95 Å². The van der Waals surface area contributed by atoms with Crippen LogP contribution in [0.2, 0.25) is 5.02 Å². The van der Waals surface area contributed by atoms with Gasteiger partial charge in [0, 0.05) is 49.5 Å². The lowest BCUT2D eigenvalue weighted by molar-refractivity contribution is 0.0274. The largest absolute Gasteiger partial charge is 0.381 e. The van der Waals surface area contributed by atoms with Gasteiger partial charge >= 0.3 is 0 Å². The molecule has 7 nitrogen and oxygen atoms in total. The van der Waals surface area contributed by atoms with Crippen LogP contribution in [0.25, 0.3) is 0 Å². The SMILES string of the molecule is N#Cc1cc(Cl)cc2c1C[C@@H](Nc1ncc3c(n1)CCN(C1CCOCC1)C3=O)C2. The highest BCUT2D eigenvalue weighted by Gasteiger charge is 2.32. The normalized spacial score (nSPS) is 21.1. The fourth-order valence-electron chi connectivity index (χ4n) is 4.77. The van der Waals surface area contributed by atoms with Gasteiger partial charge in [-0.05, 0) is 48.9 Å². The van der Waals surface area contributed by atoms with Crippen LogP contribution < -0.4 is 5.32 Å². The zero-order valence-corrected chi connectivity index (χ0v) is 17.3. The Labute approximate surface area is 180 Å². The first kappa shape index (κ1) is 19.3. The van der Waals surface area contributed by atoms with Gasteiger partial charge in [0.15, 0.2) is 0 Å². The average Bonchev–Trinajstić information content (AvgIpc) is 3.16. The van der Waals surface area contributed by atoms with E-state index in [9.17, 15) is 10.1 Å². The average molecular weight is 424 g/mol. The summed E-state index contributed by atoms with van der Waals surface area (Å²) in [6.45, 7) is 2.11. The van der Waals surface area contributed by atoms with Crippen molar-refractivity contribution in [3.8, 4) is 6.07 Å². The van der Waals surface area contributed by atoms with E-state index in [1.807, 2.05) is 11.0 Å². The van der Waals surface area contributed by atoms with Gasteiger partial charge in [0.1, 0.15) is 0 Å². The van der Waals surface area contributed by atoms with E-state index in [4.69, 9.17) is 16.3 Å². The van der Waals surface area contributed by atoms with E-state index in [0.717, 1.165) is 48.9 Å². The van der Waals surface area contributed by atoms with Gasteiger partial charge in [-0.3, -0.25) is 4.79 Å². The molecule has 30 heavy (non-hydrogen) atoms. The number of benzene rings is 1. The van der Waals surface area contributed by atoms with Crippen LogP contribution in [0.3, 0.4) is 0 Å². The van der Waals surface area contributed by atoms with Gasteiger partial charge in [-0.1, -0.05) is 11.6 Å². The summed E-state index contributed by atoms with van der Waals surface area (Å²) in [7, 11) is 0. The number of fused-ring (bicyclic) bond motifs is 2. The summed E-state index contributed by atoms with van der Waals surface area (Å²) < 4.78 is 5.42. The molecule has 1 aliphatic carbocycles. The van der Waals surface area contributed by atoms with Crippen molar-refractivity contribution >= 4 is 23.5 Å². The number of hydrogen-bond acceptors (Lipinski definition) is 6. The molecule has 1 fully saturated rings. The van der Waals surface area contributed by atoms with Gasteiger partial charge in [0.05, 0.1) is 22.9 Å². The maximum absolute atomic E-state index is 13.0. The minimum atomic E-state index is 0.0243. The minimum Gasteiger partial charge on any atom is -0.381 e. The van der Waals surface area contributed by atoms with Crippen LogP contribution in [0.15, 0.2) is 18.3 Å². The molecule has 8 heteroatoms.